The molecule has 0 spiro atoms. The molecule has 1 fully saturated rings. The van der Waals surface area contributed by atoms with Gasteiger partial charge in [-0.05, 0) is 44.0 Å². The second-order valence-electron chi connectivity index (χ2n) is 5.43. The van der Waals surface area contributed by atoms with E-state index in [4.69, 9.17) is 5.73 Å². The van der Waals surface area contributed by atoms with Crippen LogP contribution in [-0.2, 0) is 10.0 Å². The van der Waals surface area contributed by atoms with Crippen LogP contribution in [-0.4, -0.2) is 43.1 Å². The summed E-state index contributed by atoms with van der Waals surface area (Å²) in [5.41, 5.74) is 5.27. The largest absolute Gasteiger partial charge is 0.390 e. The highest BCUT2D eigenvalue weighted by Crippen LogP contribution is 2.26. The molecule has 1 aliphatic rings. The number of benzene rings is 1. The lowest BCUT2D eigenvalue weighted by Gasteiger charge is -2.34. The third-order valence-electron chi connectivity index (χ3n) is 3.63. The molecule has 114 valence electrons. The molecular formula is C15H20N2O3S. The van der Waals surface area contributed by atoms with Crippen molar-refractivity contribution in [1.29, 1.82) is 0 Å². The maximum atomic E-state index is 12.5. The van der Waals surface area contributed by atoms with Gasteiger partial charge >= 0.3 is 0 Å². The molecule has 1 saturated heterocycles. The van der Waals surface area contributed by atoms with Crippen LogP contribution in [0, 0.1) is 11.8 Å². The van der Waals surface area contributed by atoms with Gasteiger partial charge in [0.25, 0.3) is 0 Å². The number of rotatable bonds is 2. The predicted molar refractivity (Wildman–Crippen MR) is 81.0 cm³/mol. The summed E-state index contributed by atoms with van der Waals surface area (Å²) in [5, 5.41) is 9.90. The van der Waals surface area contributed by atoms with Gasteiger partial charge in [0.05, 0.1) is 17.0 Å². The minimum atomic E-state index is -3.50. The van der Waals surface area contributed by atoms with Gasteiger partial charge in [0, 0.05) is 18.7 Å². The van der Waals surface area contributed by atoms with E-state index in [-0.39, 0.29) is 11.4 Å². The molecule has 0 bridgehead atoms. The third-order valence-corrected chi connectivity index (χ3v) is 5.54. The number of piperidine rings is 1. The van der Waals surface area contributed by atoms with Gasteiger partial charge in [-0.25, -0.2) is 8.42 Å². The van der Waals surface area contributed by atoms with Crippen molar-refractivity contribution >= 4 is 10.0 Å². The fourth-order valence-corrected chi connectivity index (χ4v) is 3.66. The lowest BCUT2D eigenvalue weighted by molar-refractivity contribution is 0.0126. The van der Waals surface area contributed by atoms with Gasteiger partial charge in [0.1, 0.15) is 0 Å². The van der Waals surface area contributed by atoms with Crippen LogP contribution in [0.15, 0.2) is 29.2 Å². The number of hydrogen-bond donors (Lipinski definition) is 2. The summed E-state index contributed by atoms with van der Waals surface area (Å²) < 4.78 is 26.4. The van der Waals surface area contributed by atoms with Crippen molar-refractivity contribution in [1.82, 2.24) is 4.31 Å². The second-order valence-corrected chi connectivity index (χ2v) is 7.37. The van der Waals surface area contributed by atoms with E-state index in [1.165, 1.54) is 4.31 Å². The fourth-order valence-electron chi connectivity index (χ4n) is 2.22. The lowest BCUT2D eigenvalue weighted by atomic mass is 9.95. The average Bonchev–Trinajstić information content (AvgIpc) is 2.45. The molecule has 5 nitrogen and oxygen atoms in total. The first-order chi connectivity index (χ1) is 9.85. The molecule has 1 aromatic rings. The Morgan fingerprint density at radius 3 is 2.38 bits per heavy atom. The van der Waals surface area contributed by atoms with Crippen LogP contribution < -0.4 is 5.73 Å². The highest BCUT2D eigenvalue weighted by Gasteiger charge is 2.33. The molecule has 0 aliphatic carbocycles. The molecule has 0 saturated carbocycles. The Morgan fingerprint density at radius 2 is 1.86 bits per heavy atom. The van der Waals surface area contributed by atoms with E-state index in [1.807, 2.05) is 0 Å². The summed E-state index contributed by atoms with van der Waals surface area (Å²) in [6.45, 7) is 2.68. The maximum absolute atomic E-state index is 12.5. The summed E-state index contributed by atoms with van der Waals surface area (Å²) in [7, 11) is -3.50. The van der Waals surface area contributed by atoms with Gasteiger partial charge < -0.3 is 10.8 Å². The molecule has 1 aromatic carbocycles. The Bertz CT molecular complexity index is 644. The molecule has 1 aliphatic heterocycles. The molecule has 1 heterocycles. The van der Waals surface area contributed by atoms with Crippen LogP contribution in [0.2, 0.25) is 0 Å². The van der Waals surface area contributed by atoms with Crippen LogP contribution in [0.1, 0.15) is 25.3 Å². The summed E-state index contributed by atoms with van der Waals surface area (Å²) in [5.74, 6) is 5.58. The van der Waals surface area contributed by atoms with E-state index in [9.17, 15) is 13.5 Å². The number of nitrogens with two attached hydrogens (primary N) is 1. The van der Waals surface area contributed by atoms with Crippen molar-refractivity contribution in [2.75, 3.05) is 19.6 Å². The van der Waals surface area contributed by atoms with Crippen LogP contribution in [0.4, 0.5) is 0 Å². The van der Waals surface area contributed by atoms with Gasteiger partial charge in [-0.3, -0.25) is 0 Å². The molecule has 3 N–H and O–H groups in total. The first-order valence-electron chi connectivity index (χ1n) is 6.87. The summed E-state index contributed by atoms with van der Waals surface area (Å²) in [4.78, 5) is 0.252. The normalized spacial score (nSPS) is 18.8. The summed E-state index contributed by atoms with van der Waals surface area (Å²) >= 11 is 0. The molecule has 0 unspecified atom stereocenters. The van der Waals surface area contributed by atoms with Gasteiger partial charge in [0.15, 0.2) is 0 Å². The highest BCUT2D eigenvalue weighted by atomic mass is 32.2. The molecule has 0 atom stereocenters. The van der Waals surface area contributed by atoms with E-state index in [0.29, 0.717) is 25.9 Å². The van der Waals surface area contributed by atoms with Gasteiger partial charge in [-0.1, -0.05) is 11.8 Å². The number of sulfonamides is 1. The van der Waals surface area contributed by atoms with E-state index < -0.39 is 15.6 Å². The molecular weight excluding hydrogens is 288 g/mol. The van der Waals surface area contributed by atoms with Crippen molar-refractivity contribution in [3.63, 3.8) is 0 Å². The summed E-state index contributed by atoms with van der Waals surface area (Å²) in [6.07, 6.45) is 0.901. The quantitative estimate of drug-likeness (QED) is 0.781. The van der Waals surface area contributed by atoms with Crippen molar-refractivity contribution in [3.05, 3.63) is 29.8 Å². The van der Waals surface area contributed by atoms with Crippen molar-refractivity contribution in [2.24, 2.45) is 5.73 Å². The molecule has 0 amide bonds. The second kappa shape index (κ2) is 6.16. The Hall–Kier alpha value is -1.39. The van der Waals surface area contributed by atoms with Crippen molar-refractivity contribution in [2.45, 2.75) is 30.3 Å². The van der Waals surface area contributed by atoms with E-state index >= 15 is 0 Å². The van der Waals surface area contributed by atoms with Crippen LogP contribution in [0.5, 0.6) is 0 Å². The van der Waals surface area contributed by atoms with Crippen LogP contribution in [0.25, 0.3) is 0 Å². The van der Waals surface area contributed by atoms with Gasteiger partial charge in [0.2, 0.25) is 10.0 Å². The predicted octanol–water partition coefficient (Wildman–Crippen LogP) is 0.532. The Morgan fingerprint density at radius 1 is 1.29 bits per heavy atom. The van der Waals surface area contributed by atoms with E-state index in [1.54, 1.807) is 31.2 Å². The smallest absolute Gasteiger partial charge is 0.243 e. The first-order valence-corrected chi connectivity index (χ1v) is 8.31. The maximum Gasteiger partial charge on any atom is 0.243 e. The lowest BCUT2D eigenvalue weighted by Crippen LogP contribution is -2.45. The topological polar surface area (TPSA) is 83.6 Å². The fraction of sp³-hybridized carbons (Fsp3) is 0.467. The zero-order valence-corrected chi connectivity index (χ0v) is 12.9. The van der Waals surface area contributed by atoms with Crippen LogP contribution >= 0.6 is 0 Å². The zero-order valence-electron chi connectivity index (χ0n) is 12.0. The van der Waals surface area contributed by atoms with Gasteiger partial charge in [-0.2, -0.15) is 4.31 Å². The van der Waals surface area contributed by atoms with Crippen LogP contribution in [0.3, 0.4) is 0 Å². The molecule has 0 aromatic heterocycles. The molecule has 2 rings (SSSR count). The number of nitrogens with zero attached hydrogens (tertiary/aromatic N) is 1. The Labute approximate surface area is 125 Å². The van der Waals surface area contributed by atoms with Crippen molar-refractivity contribution in [3.8, 4) is 11.8 Å². The highest BCUT2D eigenvalue weighted by molar-refractivity contribution is 7.89. The van der Waals surface area contributed by atoms with E-state index in [2.05, 4.69) is 11.8 Å². The number of aliphatic hydroxyl groups is 1. The summed E-state index contributed by atoms with van der Waals surface area (Å²) in [6, 6.07) is 6.47. The average molecular weight is 308 g/mol. The first kappa shape index (κ1) is 16.0. The zero-order chi connectivity index (χ0) is 15.5. The minimum Gasteiger partial charge on any atom is -0.390 e. The SMILES string of the molecule is CC1(O)CCN(S(=O)(=O)c2ccc(C#CCN)cc2)CC1. The van der Waals surface area contributed by atoms with Gasteiger partial charge in [-0.15, -0.1) is 0 Å². The number of hydrogen-bond acceptors (Lipinski definition) is 4. The molecule has 0 radical (unpaired) electrons. The molecule has 6 heteroatoms. The minimum absolute atomic E-state index is 0.252. The Kier molecular flexibility index (Phi) is 4.69. The standard InChI is InChI=1S/C15H20N2O3S/c1-15(18)8-11-17(12-9-15)21(19,20)14-6-4-13(5-7-14)3-2-10-16/h4-7,18H,8-12,16H2,1H3. The third kappa shape index (κ3) is 3.83. The van der Waals surface area contributed by atoms with E-state index in [0.717, 1.165) is 5.56 Å². The monoisotopic (exact) mass is 308 g/mol. The molecule has 21 heavy (non-hydrogen) atoms. The Balaban J connectivity index is 2.16. The van der Waals surface area contributed by atoms with Crippen molar-refractivity contribution < 1.29 is 13.5 Å².